The largest absolute Gasteiger partial charge is 0.466 e. The van der Waals surface area contributed by atoms with Crippen molar-refractivity contribution in [3.05, 3.63) is 0 Å². The second kappa shape index (κ2) is 6.21. The van der Waals surface area contributed by atoms with Crippen LogP contribution in [0.1, 0.15) is 40.0 Å². The van der Waals surface area contributed by atoms with Crippen LogP contribution >= 0.6 is 0 Å². The van der Waals surface area contributed by atoms with Gasteiger partial charge in [-0.15, -0.1) is 0 Å². The Labute approximate surface area is 97.2 Å². The van der Waals surface area contributed by atoms with Gasteiger partial charge in [-0.1, -0.05) is 6.92 Å². The minimum Gasteiger partial charge on any atom is -0.466 e. The minimum absolute atomic E-state index is 0.0374. The molecule has 4 nitrogen and oxygen atoms in total. The molecule has 0 spiro atoms. The van der Waals surface area contributed by atoms with Crippen LogP contribution in [-0.4, -0.2) is 31.6 Å². The molecule has 0 bridgehead atoms. The lowest BCUT2D eigenvalue weighted by Gasteiger charge is -2.24. The van der Waals surface area contributed by atoms with Crippen LogP contribution in [0, 0.1) is 5.92 Å². The Hall–Kier alpha value is -0.610. The number of esters is 1. The predicted octanol–water partition coefficient (Wildman–Crippen LogP) is 2.12. The minimum atomic E-state index is -0.500. The molecule has 0 N–H and O–H groups in total. The Bertz CT molecular complexity index is 221. The van der Waals surface area contributed by atoms with Gasteiger partial charge in [0.05, 0.1) is 25.7 Å². The number of hydrogen-bond acceptors (Lipinski definition) is 4. The highest BCUT2D eigenvalue weighted by Gasteiger charge is 2.32. The summed E-state index contributed by atoms with van der Waals surface area (Å²) in [6.45, 7) is 7.49. The quantitative estimate of drug-likeness (QED) is 0.656. The molecule has 0 saturated carbocycles. The van der Waals surface area contributed by atoms with Gasteiger partial charge >= 0.3 is 5.97 Å². The fourth-order valence-electron chi connectivity index (χ4n) is 1.89. The van der Waals surface area contributed by atoms with E-state index in [4.69, 9.17) is 14.2 Å². The smallest absolute Gasteiger partial charge is 0.308 e. The zero-order chi connectivity index (χ0) is 12.0. The zero-order valence-corrected chi connectivity index (χ0v) is 10.5. The molecule has 16 heavy (non-hydrogen) atoms. The van der Waals surface area contributed by atoms with Gasteiger partial charge in [0.2, 0.25) is 0 Å². The van der Waals surface area contributed by atoms with E-state index in [9.17, 15) is 4.79 Å². The summed E-state index contributed by atoms with van der Waals surface area (Å²) in [5, 5.41) is 0. The lowest BCUT2D eigenvalue weighted by molar-refractivity contribution is -0.157. The van der Waals surface area contributed by atoms with E-state index in [1.807, 2.05) is 20.8 Å². The predicted molar refractivity (Wildman–Crippen MR) is 60.0 cm³/mol. The molecule has 1 rings (SSSR count). The Kier molecular flexibility index (Phi) is 5.22. The first kappa shape index (κ1) is 13.5. The summed E-state index contributed by atoms with van der Waals surface area (Å²) in [6.07, 6.45) is 2.30. The third kappa shape index (κ3) is 3.76. The molecule has 0 aromatic heterocycles. The molecule has 0 amide bonds. The van der Waals surface area contributed by atoms with Crippen molar-refractivity contribution in [1.29, 1.82) is 0 Å². The van der Waals surface area contributed by atoms with Gasteiger partial charge < -0.3 is 14.2 Å². The third-order valence-corrected chi connectivity index (χ3v) is 2.96. The highest BCUT2D eigenvalue weighted by Crippen LogP contribution is 2.27. The topological polar surface area (TPSA) is 44.8 Å². The Morgan fingerprint density at radius 3 is 2.50 bits per heavy atom. The molecule has 94 valence electrons. The number of rotatable bonds is 6. The van der Waals surface area contributed by atoms with E-state index in [1.54, 1.807) is 0 Å². The summed E-state index contributed by atoms with van der Waals surface area (Å²) in [5.74, 6) is -0.643. The van der Waals surface area contributed by atoms with Gasteiger partial charge in [0.25, 0.3) is 0 Å². The van der Waals surface area contributed by atoms with E-state index in [-0.39, 0.29) is 11.9 Å². The lowest BCUT2D eigenvalue weighted by atomic mass is 9.97. The van der Waals surface area contributed by atoms with Crippen molar-refractivity contribution in [3.63, 3.8) is 0 Å². The molecule has 4 heteroatoms. The molecule has 1 saturated heterocycles. The highest BCUT2D eigenvalue weighted by molar-refractivity contribution is 5.72. The normalized spacial score (nSPS) is 20.7. The van der Waals surface area contributed by atoms with Crippen LogP contribution in [0.5, 0.6) is 0 Å². The highest BCUT2D eigenvalue weighted by atomic mass is 16.7. The summed E-state index contributed by atoms with van der Waals surface area (Å²) < 4.78 is 16.0. The first-order chi connectivity index (χ1) is 7.61. The van der Waals surface area contributed by atoms with Crippen LogP contribution in [0.25, 0.3) is 0 Å². The van der Waals surface area contributed by atoms with E-state index in [0.29, 0.717) is 19.8 Å². The Morgan fingerprint density at radius 1 is 1.38 bits per heavy atom. The van der Waals surface area contributed by atoms with Gasteiger partial charge in [-0.25, -0.2) is 0 Å². The maximum Gasteiger partial charge on any atom is 0.308 e. The molecule has 1 unspecified atom stereocenters. The maximum absolute atomic E-state index is 11.6. The lowest BCUT2D eigenvalue weighted by Crippen LogP contribution is -2.28. The van der Waals surface area contributed by atoms with Crippen molar-refractivity contribution in [2.24, 2.45) is 5.92 Å². The van der Waals surface area contributed by atoms with E-state index < -0.39 is 5.79 Å². The standard InChI is InChI=1S/C12H22O4/c1-4-10(11(13)14-5-2)6-7-12(3)15-8-9-16-12/h10H,4-9H2,1-3H3. The zero-order valence-electron chi connectivity index (χ0n) is 10.5. The van der Waals surface area contributed by atoms with Crippen molar-refractivity contribution >= 4 is 5.97 Å². The van der Waals surface area contributed by atoms with Crippen molar-refractivity contribution < 1.29 is 19.0 Å². The summed E-state index contributed by atoms with van der Waals surface area (Å²) in [6, 6.07) is 0. The average molecular weight is 230 g/mol. The second-order valence-electron chi connectivity index (χ2n) is 4.23. The van der Waals surface area contributed by atoms with E-state index in [1.165, 1.54) is 0 Å². The van der Waals surface area contributed by atoms with E-state index in [0.717, 1.165) is 19.3 Å². The van der Waals surface area contributed by atoms with Crippen LogP contribution in [0.4, 0.5) is 0 Å². The summed E-state index contributed by atoms with van der Waals surface area (Å²) in [5.41, 5.74) is 0. The summed E-state index contributed by atoms with van der Waals surface area (Å²) in [4.78, 5) is 11.6. The van der Waals surface area contributed by atoms with Gasteiger partial charge in [0.1, 0.15) is 0 Å². The van der Waals surface area contributed by atoms with Crippen LogP contribution in [-0.2, 0) is 19.0 Å². The molecule has 0 aromatic rings. The van der Waals surface area contributed by atoms with Gasteiger partial charge in [0.15, 0.2) is 5.79 Å². The number of hydrogen-bond donors (Lipinski definition) is 0. The third-order valence-electron chi connectivity index (χ3n) is 2.96. The fraction of sp³-hybridized carbons (Fsp3) is 0.917. The molecule has 1 aliphatic rings. The van der Waals surface area contributed by atoms with Gasteiger partial charge in [-0.3, -0.25) is 4.79 Å². The molecule has 1 fully saturated rings. The van der Waals surface area contributed by atoms with Crippen molar-refractivity contribution in [2.45, 2.75) is 45.8 Å². The van der Waals surface area contributed by atoms with Crippen molar-refractivity contribution in [2.75, 3.05) is 19.8 Å². The molecule has 0 aromatic carbocycles. The van der Waals surface area contributed by atoms with Crippen molar-refractivity contribution in [1.82, 2.24) is 0 Å². The van der Waals surface area contributed by atoms with E-state index >= 15 is 0 Å². The Morgan fingerprint density at radius 2 is 2.00 bits per heavy atom. The molecule has 0 aliphatic carbocycles. The van der Waals surface area contributed by atoms with Crippen molar-refractivity contribution in [3.8, 4) is 0 Å². The number of carbonyl (C=O) groups excluding carboxylic acids is 1. The van der Waals surface area contributed by atoms with Crippen LogP contribution in [0.15, 0.2) is 0 Å². The first-order valence-corrected chi connectivity index (χ1v) is 6.06. The molecule has 1 atom stereocenters. The van der Waals surface area contributed by atoms with Gasteiger partial charge in [-0.05, 0) is 26.7 Å². The monoisotopic (exact) mass is 230 g/mol. The molecule has 0 radical (unpaired) electrons. The van der Waals surface area contributed by atoms with E-state index in [2.05, 4.69) is 0 Å². The van der Waals surface area contributed by atoms with Crippen LogP contribution < -0.4 is 0 Å². The number of ether oxygens (including phenoxy) is 3. The molecular weight excluding hydrogens is 208 g/mol. The number of carbonyl (C=O) groups is 1. The van der Waals surface area contributed by atoms with Gasteiger partial charge in [-0.2, -0.15) is 0 Å². The molecule has 1 aliphatic heterocycles. The molecule has 1 heterocycles. The van der Waals surface area contributed by atoms with Gasteiger partial charge in [0, 0.05) is 6.42 Å². The Balaban J connectivity index is 2.35. The summed E-state index contributed by atoms with van der Waals surface area (Å²) in [7, 11) is 0. The average Bonchev–Trinajstić information content (AvgIpc) is 2.67. The first-order valence-electron chi connectivity index (χ1n) is 6.06. The van der Waals surface area contributed by atoms with Crippen LogP contribution in [0.3, 0.4) is 0 Å². The maximum atomic E-state index is 11.6. The fourth-order valence-corrected chi connectivity index (χ4v) is 1.89. The SMILES string of the molecule is CCOC(=O)C(CC)CCC1(C)OCCO1. The van der Waals surface area contributed by atoms with Crippen LogP contribution in [0.2, 0.25) is 0 Å². The molecular formula is C12H22O4. The summed E-state index contributed by atoms with van der Waals surface area (Å²) >= 11 is 0. The second-order valence-corrected chi connectivity index (χ2v) is 4.23.